The highest BCUT2D eigenvalue weighted by atomic mass is 35.5. The van der Waals surface area contributed by atoms with E-state index in [-0.39, 0.29) is 42.0 Å². The number of amides is 2. The highest BCUT2D eigenvalue weighted by Gasteiger charge is 2.41. The van der Waals surface area contributed by atoms with E-state index in [1.807, 2.05) is 28.1 Å². The summed E-state index contributed by atoms with van der Waals surface area (Å²) < 4.78 is 0. The number of likely N-dealkylation sites (tertiary alicyclic amines) is 2. The summed E-state index contributed by atoms with van der Waals surface area (Å²) in [6.07, 6.45) is 8.37. The monoisotopic (exact) mass is 445 g/mol. The maximum Gasteiger partial charge on any atom is 0.239 e. The summed E-state index contributed by atoms with van der Waals surface area (Å²) in [5.74, 6) is 0.253. The van der Waals surface area contributed by atoms with Crippen LogP contribution in [0.15, 0.2) is 24.5 Å². The van der Waals surface area contributed by atoms with Crippen LogP contribution in [0.1, 0.15) is 37.7 Å². The molecular weight excluding hydrogens is 413 g/mol. The van der Waals surface area contributed by atoms with E-state index in [4.69, 9.17) is 11.5 Å². The van der Waals surface area contributed by atoms with Gasteiger partial charge in [-0.15, -0.1) is 24.8 Å². The lowest BCUT2D eigenvalue weighted by Gasteiger charge is -2.47. The first-order valence-corrected chi connectivity index (χ1v) is 9.94. The second-order valence-corrected chi connectivity index (χ2v) is 7.94. The predicted molar refractivity (Wildman–Crippen MR) is 118 cm³/mol. The first-order valence-electron chi connectivity index (χ1n) is 9.94. The van der Waals surface area contributed by atoms with Crippen molar-refractivity contribution in [3.05, 3.63) is 30.1 Å². The SMILES string of the molecule is Cl.Cl.NCC[C@H](N)C(=O)N1CCC2(CCC(=O)N(CCc3cccnc3)C2)CC1. The van der Waals surface area contributed by atoms with Gasteiger partial charge in [-0.3, -0.25) is 14.6 Å². The van der Waals surface area contributed by atoms with Crippen LogP contribution >= 0.6 is 24.8 Å². The van der Waals surface area contributed by atoms with Crippen LogP contribution in [0.3, 0.4) is 0 Å². The zero-order valence-corrected chi connectivity index (χ0v) is 18.4. The molecule has 2 amide bonds. The second-order valence-electron chi connectivity index (χ2n) is 7.94. The van der Waals surface area contributed by atoms with Gasteiger partial charge in [0.05, 0.1) is 6.04 Å². The molecule has 0 radical (unpaired) electrons. The number of carbonyl (C=O) groups excluding carboxylic acids is 2. The highest BCUT2D eigenvalue weighted by molar-refractivity contribution is 5.85. The maximum absolute atomic E-state index is 12.4. The van der Waals surface area contributed by atoms with Crippen molar-refractivity contribution in [3.63, 3.8) is 0 Å². The Hall–Kier alpha value is -1.41. The molecule has 0 saturated carbocycles. The Morgan fingerprint density at radius 2 is 1.97 bits per heavy atom. The van der Waals surface area contributed by atoms with Gasteiger partial charge in [-0.05, 0) is 55.7 Å². The van der Waals surface area contributed by atoms with Crippen LogP contribution in [0.2, 0.25) is 0 Å². The Balaban J connectivity index is 0.00000210. The molecule has 2 saturated heterocycles. The number of pyridine rings is 1. The van der Waals surface area contributed by atoms with E-state index < -0.39 is 6.04 Å². The average molecular weight is 446 g/mol. The highest BCUT2D eigenvalue weighted by Crippen LogP contribution is 2.40. The fraction of sp³-hybridized carbons (Fsp3) is 0.650. The summed E-state index contributed by atoms with van der Waals surface area (Å²) in [6, 6.07) is 3.48. The molecule has 0 aromatic carbocycles. The number of hydrogen-bond donors (Lipinski definition) is 2. The standard InChI is InChI=1S/C20H31N5O2.2ClH/c21-9-4-17(22)19(27)24-12-7-20(8-13-24)6-3-18(26)25(15-20)11-5-16-2-1-10-23-14-16;;/h1-2,10,14,17H,3-9,11-13,15,21-22H2;2*1H/t17-;;/m0../s1. The van der Waals surface area contributed by atoms with Gasteiger partial charge in [0, 0.05) is 45.0 Å². The maximum atomic E-state index is 12.4. The Bertz CT molecular complexity index is 654. The molecule has 9 heteroatoms. The van der Waals surface area contributed by atoms with Crippen molar-refractivity contribution in [1.82, 2.24) is 14.8 Å². The third-order valence-corrected chi connectivity index (χ3v) is 6.07. The van der Waals surface area contributed by atoms with Gasteiger partial charge in [0.2, 0.25) is 11.8 Å². The van der Waals surface area contributed by atoms with Crippen molar-refractivity contribution in [2.24, 2.45) is 16.9 Å². The number of nitrogens with zero attached hydrogens (tertiary/aromatic N) is 3. The van der Waals surface area contributed by atoms with Gasteiger partial charge in [-0.1, -0.05) is 6.07 Å². The Morgan fingerprint density at radius 3 is 2.59 bits per heavy atom. The van der Waals surface area contributed by atoms with Crippen LogP contribution in [-0.4, -0.2) is 65.4 Å². The number of carbonyl (C=O) groups is 2. The van der Waals surface area contributed by atoms with E-state index in [9.17, 15) is 9.59 Å². The largest absolute Gasteiger partial charge is 0.342 e. The summed E-state index contributed by atoms with van der Waals surface area (Å²) >= 11 is 0. The molecule has 0 unspecified atom stereocenters. The first kappa shape index (κ1) is 25.6. The number of rotatable bonds is 6. The molecule has 1 aromatic heterocycles. The van der Waals surface area contributed by atoms with E-state index in [1.165, 1.54) is 0 Å². The number of aromatic nitrogens is 1. The minimum absolute atomic E-state index is 0. The van der Waals surface area contributed by atoms with Crippen molar-refractivity contribution in [2.45, 2.75) is 44.6 Å². The fourth-order valence-electron chi connectivity index (χ4n) is 4.26. The lowest BCUT2D eigenvalue weighted by atomic mass is 9.72. The zero-order valence-electron chi connectivity index (χ0n) is 16.8. The van der Waals surface area contributed by atoms with Crippen LogP contribution in [0.4, 0.5) is 0 Å². The summed E-state index contributed by atoms with van der Waals surface area (Å²) in [7, 11) is 0. The molecule has 1 aromatic rings. The van der Waals surface area contributed by atoms with Gasteiger partial charge < -0.3 is 21.3 Å². The number of piperidine rings is 2. The lowest BCUT2D eigenvalue weighted by Crippen LogP contribution is -2.54. The zero-order chi connectivity index (χ0) is 19.3. The van der Waals surface area contributed by atoms with Gasteiger partial charge in [0.15, 0.2) is 0 Å². The summed E-state index contributed by atoms with van der Waals surface area (Å²) in [5.41, 5.74) is 12.7. The minimum Gasteiger partial charge on any atom is -0.342 e. The van der Waals surface area contributed by atoms with Crippen molar-refractivity contribution < 1.29 is 9.59 Å². The molecule has 29 heavy (non-hydrogen) atoms. The third kappa shape index (κ3) is 6.54. The molecule has 3 rings (SSSR count). The second kappa shape index (κ2) is 11.7. The lowest BCUT2D eigenvalue weighted by molar-refractivity contribution is -0.143. The molecule has 2 aliphatic rings. The molecule has 0 bridgehead atoms. The number of hydrogen-bond acceptors (Lipinski definition) is 5. The molecule has 1 spiro atoms. The van der Waals surface area contributed by atoms with Crippen LogP contribution in [0, 0.1) is 5.41 Å². The average Bonchev–Trinajstić information content (AvgIpc) is 2.70. The topological polar surface area (TPSA) is 106 Å². The molecule has 4 N–H and O–H groups in total. The first-order chi connectivity index (χ1) is 13.0. The van der Waals surface area contributed by atoms with Gasteiger partial charge in [-0.25, -0.2) is 0 Å². The fourth-order valence-corrected chi connectivity index (χ4v) is 4.26. The summed E-state index contributed by atoms with van der Waals surface area (Å²) in [6.45, 7) is 3.40. The van der Waals surface area contributed by atoms with Gasteiger partial charge in [-0.2, -0.15) is 0 Å². The molecule has 164 valence electrons. The van der Waals surface area contributed by atoms with Crippen molar-refractivity contribution >= 4 is 36.6 Å². The summed E-state index contributed by atoms with van der Waals surface area (Å²) in [4.78, 5) is 32.8. The van der Waals surface area contributed by atoms with Crippen LogP contribution < -0.4 is 11.5 Å². The predicted octanol–water partition coefficient (Wildman–Crippen LogP) is 1.38. The molecule has 3 heterocycles. The smallest absolute Gasteiger partial charge is 0.239 e. The van der Waals surface area contributed by atoms with E-state index in [0.29, 0.717) is 19.4 Å². The molecule has 2 aliphatic heterocycles. The molecule has 0 aliphatic carbocycles. The van der Waals surface area contributed by atoms with Crippen molar-refractivity contribution in [3.8, 4) is 0 Å². The third-order valence-electron chi connectivity index (χ3n) is 6.07. The minimum atomic E-state index is -0.493. The molecule has 1 atom stereocenters. The Morgan fingerprint density at radius 1 is 1.24 bits per heavy atom. The van der Waals surface area contributed by atoms with Crippen LogP contribution in [0.5, 0.6) is 0 Å². The number of halogens is 2. The normalized spacial score (nSPS) is 19.3. The van der Waals surface area contributed by atoms with E-state index in [1.54, 1.807) is 6.20 Å². The summed E-state index contributed by atoms with van der Waals surface area (Å²) in [5, 5.41) is 0. The van der Waals surface area contributed by atoms with E-state index in [2.05, 4.69) is 4.98 Å². The van der Waals surface area contributed by atoms with Crippen LogP contribution in [0.25, 0.3) is 0 Å². The van der Waals surface area contributed by atoms with Gasteiger partial charge in [0.25, 0.3) is 0 Å². The van der Waals surface area contributed by atoms with Crippen LogP contribution in [-0.2, 0) is 16.0 Å². The molecule has 7 nitrogen and oxygen atoms in total. The van der Waals surface area contributed by atoms with E-state index >= 15 is 0 Å². The quantitative estimate of drug-likeness (QED) is 0.687. The van der Waals surface area contributed by atoms with Crippen molar-refractivity contribution in [2.75, 3.05) is 32.7 Å². The van der Waals surface area contributed by atoms with Crippen molar-refractivity contribution in [1.29, 1.82) is 0 Å². The Kier molecular flexibility index (Phi) is 10.3. The van der Waals surface area contributed by atoms with Gasteiger partial charge >= 0.3 is 0 Å². The number of nitrogens with two attached hydrogens (primary N) is 2. The molecule has 2 fully saturated rings. The Labute approximate surface area is 185 Å². The molecular formula is C20H33Cl2N5O2. The van der Waals surface area contributed by atoms with Gasteiger partial charge in [0.1, 0.15) is 0 Å². The van der Waals surface area contributed by atoms with E-state index in [0.717, 1.165) is 57.4 Å².